The molecule has 0 aliphatic rings. The van der Waals surface area contributed by atoms with Crippen LogP contribution in [0.25, 0.3) is 10.9 Å². The van der Waals surface area contributed by atoms with Crippen LogP contribution in [0.1, 0.15) is 38.1 Å². The highest BCUT2D eigenvalue weighted by molar-refractivity contribution is 5.76. The van der Waals surface area contributed by atoms with E-state index in [0.717, 1.165) is 11.4 Å². The fraction of sp³-hybridized carbons (Fsp3) is 0.316. The van der Waals surface area contributed by atoms with Gasteiger partial charge in [0, 0.05) is 12.1 Å². The van der Waals surface area contributed by atoms with Gasteiger partial charge in [-0.25, -0.2) is 4.98 Å². The van der Waals surface area contributed by atoms with Crippen molar-refractivity contribution in [2.24, 2.45) is 5.92 Å². The lowest BCUT2D eigenvalue weighted by Crippen LogP contribution is -2.28. The molecule has 4 heteroatoms. The Bertz CT molecular complexity index is 869. The molecule has 0 aliphatic carbocycles. The quantitative estimate of drug-likeness (QED) is 0.740. The maximum absolute atomic E-state index is 13.0. The number of rotatable bonds is 4. The largest absolute Gasteiger partial charge is 0.291 e. The number of fused-ring (bicyclic) bond motifs is 1. The first-order valence-corrected chi connectivity index (χ1v) is 7.96. The third kappa shape index (κ3) is 3.02. The van der Waals surface area contributed by atoms with E-state index in [4.69, 9.17) is 4.98 Å². The van der Waals surface area contributed by atoms with Crippen molar-refractivity contribution in [1.82, 2.24) is 14.5 Å². The van der Waals surface area contributed by atoms with Crippen LogP contribution in [-0.4, -0.2) is 14.5 Å². The third-order valence-electron chi connectivity index (χ3n) is 4.38. The van der Waals surface area contributed by atoms with Gasteiger partial charge >= 0.3 is 0 Å². The first-order valence-electron chi connectivity index (χ1n) is 7.96. The summed E-state index contributed by atoms with van der Waals surface area (Å²) in [6.07, 6.45) is 3.31. The third-order valence-corrected chi connectivity index (χ3v) is 4.38. The van der Waals surface area contributed by atoms with Crippen LogP contribution in [0.2, 0.25) is 0 Å². The number of hydrogen-bond acceptors (Lipinski definition) is 3. The molecule has 118 valence electrons. The molecule has 0 amide bonds. The van der Waals surface area contributed by atoms with E-state index in [1.165, 1.54) is 0 Å². The second-order valence-corrected chi connectivity index (χ2v) is 6.27. The van der Waals surface area contributed by atoms with E-state index in [9.17, 15) is 4.79 Å². The summed E-state index contributed by atoms with van der Waals surface area (Å²) in [6, 6.07) is 11.8. The minimum Gasteiger partial charge on any atom is -0.291 e. The Labute approximate surface area is 135 Å². The zero-order chi connectivity index (χ0) is 16.4. The Morgan fingerprint density at radius 1 is 1.09 bits per heavy atom. The van der Waals surface area contributed by atoms with Crippen molar-refractivity contribution in [2.45, 2.75) is 33.2 Å². The fourth-order valence-corrected chi connectivity index (χ4v) is 2.65. The van der Waals surface area contributed by atoms with Crippen LogP contribution < -0.4 is 5.56 Å². The lowest BCUT2D eigenvalue weighted by Gasteiger charge is -2.21. The Hall–Kier alpha value is -2.49. The molecule has 1 unspecified atom stereocenters. The Morgan fingerprint density at radius 3 is 2.52 bits per heavy atom. The highest BCUT2D eigenvalue weighted by Gasteiger charge is 2.19. The van der Waals surface area contributed by atoms with E-state index in [1.54, 1.807) is 18.5 Å². The highest BCUT2D eigenvalue weighted by Crippen LogP contribution is 2.23. The monoisotopic (exact) mass is 307 g/mol. The van der Waals surface area contributed by atoms with E-state index in [2.05, 4.69) is 25.8 Å². The van der Waals surface area contributed by atoms with Gasteiger partial charge in [-0.15, -0.1) is 0 Å². The molecule has 0 saturated heterocycles. The van der Waals surface area contributed by atoms with Crippen molar-refractivity contribution in [2.75, 3.05) is 0 Å². The first kappa shape index (κ1) is 15.4. The number of pyridine rings is 1. The van der Waals surface area contributed by atoms with Gasteiger partial charge in [-0.05, 0) is 17.5 Å². The van der Waals surface area contributed by atoms with E-state index < -0.39 is 0 Å². The maximum Gasteiger partial charge on any atom is 0.261 e. The van der Waals surface area contributed by atoms with Gasteiger partial charge in [-0.1, -0.05) is 51.1 Å². The predicted octanol–water partition coefficient (Wildman–Crippen LogP) is 3.60. The van der Waals surface area contributed by atoms with Crippen LogP contribution in [-0.2, 0) is 6.54 Å². The minimum atomic E-state index is 0.00348. The van der Waals surface area contributed by atoms with Crippen LogP contribution in [0.3, 0.4) is 0 Å². The summed E-state index contributed by atoms with van der Waals surface area (Å²) < 4.78 is 1.81. The van der Waals surface area contributed by atoms with Gasteiger partial charge in [0.25, 0.3) is 5.56 Å². The molecule has 1 aromatic carbocycles. The van der Waals surface area contributed by atoms with Crippen molar-refractivity contribution < 1.29 is 0 Å². The van der Waals surface area contributed by atoms with Gasteiger partial charge in [-0.3, -0.25) is 14.3 Å². The van der Waals surface area contributed by atoms with Crippen molar-refractivity contribution in [3.05, 3.63) is 70.5 Å². The second-order valence-electron chi connectivity index (χ2n) is 6.27. The van der Waals surface area contributed by atoms with Crippen molar-refractivity contribution in [3.8, 4) is 0 Å². The molecule has 2 aromatic heterocycles. The van der Waals surface area contributed by atoms with Crippen molar-refractivity contribution in [1.29, 1.82) is 0 Å². The molecule has 0 aliphatic heterocycles. The van der Waals surface area contributed by atoms with Gasteiger partial charge < -0.3 is 0 Å². The maximum atomic E-state index is 13.0. The molecular weight excluding hydrogens is 286 g/mol. The summed E-state index contributed by atoms with van der Waals surface area (Å²) in [5.74, 6) is 1.42. The zero-order valence-corrected chi connectivity index (χ0v) is 13.7. The van der Waals surface area contributed by atoms with E-state index in [0.29, 0.717) is 23.4 Å². The average Bonchev–Trinajstić information content (AvgIpc) is 2.57. The number of aromatic nitrogens is 3. The Morgan fingerprint density at radius 2 is 1.83 bits per heavy atom. The van der Waals surface area contributed by atoms with Crippen LogP contribution in [0.5, 0.6) is 0 Å². The zero-order valence-electron chi connectivity index (χ0n) is 13.7. The summed E-state index contributed by atoms with van der Waals surface area (Å²) in [5.41, 5.74) is 1.77. The minimum absolute atomic E-state index is 0.00348. The van der Waals surface area contributed by atoms with Gasteiger partial charge in [-0.2, -0.15) is 0 Å². The van der Waals surface area contributed by atoms with E-state index in [1.807, 2.05) is 34.9 Å². The Balaban J connectivity index is 2.22. The molecule has 3 rings (SSSR count). The smallest absolute Gasteiger partial charge is 0.261 e. The molecular formula is C19H21N3O. The topological polar surface area (TPSA) is 47.8 Å². The standard InChI is InChI=1S/C19H21N3O/c1-13(2)14(3)18-21-17-11-20-10-9-16(17)19(23)22(18)12-15-7-5-4-6-8-15/h4-11,13-14H,12H2,1-3H3. The summed E-state index contributed by atoms with van der Waals surface area (Å²) in [4.78, 5) is 21.8. The summed E-state index contributed by atoms with van der Waals surface area (Å²) in [5, 5.41) is 0.621. The molecule has 3 aromatic rings. The number of nitrogens with zero attached hydrogens (tertiary/aromatic N) is 3. The van der Waals surface area contributed by atoms with E-state index >= 15 is 0 Å². The molecule has 0 radical (unpaired) electrons. The van der Waals surface area contributed by atoms with Crippen LogP contribution in [0.4, 0.5) is 0 Å². The molecule has 4 nitrogen and oxygen atoms in total. The van der Waals surface area contributed by atoms with Gasteiger partial charge in [0.1, 0.15) is 5.82 Å². The van der Waals surface area contributed by atoms with Gasteiger partial charge in [0.2, 0.25) is 0 Å². The lowest BCUT2D eigenvalue weighted by atomic mass is 9.96. The molecule has 0 spiro atoms. The fourth-order valence-electron chi connectivity index (χ4n) is 2.65. The molecule has 2 heterocycles. The van der Waals surface area contributed by atoms with Crippen LogP contribution >= 0.6 is 0 Å². The summed E-state index contributed by atoms with van der Waals surface area (Å²) in [6.45, 7) is 6.96. The molecule has 0 saturated carbocycles. The molecule has 0 bridgehead atoms. The molecule has 1 atom stereocenters. The van der Waals surface area contributed by atoms with Gasteiger partial charge in [0.15, 0.2) is 0 Å². The number of hydrogen-bond donors (Lipinski definition) is 0. The SMILES string of the molecule is CC(C)C(C)c1nc2cnccc2c(=O)n1Cc1ccccc1. The van der Waals surface area contributed by atoms with Crippen LogP contribution in [0.15, 0.2) is 53.6 Å². The van der Waals surface area contributed by atoms with Crippen molar-refractivity contribution in [3.63, 3.8) is 0 Å². The number of benzene rings is 1. The molecule has 23 heavy (non-hydrogen) atoms. The summed E-state index contributed by atoms with van der Waals surface area (Å²) >= 11 is 0. The second kappa shape index (κ2) is 6.32. The average molecular weight is 307 g/mol. The Kier molecular flexibility index (Phi) is 4.24. The molecule has 0 fully saturated rings. The summed E-state index contributed by atoms with van der Waals surface area (Å²) in [7, 11) is 0. The van der Waals surface area contributed by atoms with E-state index in [-0.39, 0.29) is 11.5 Å². The van der Waals surface area contributed by atoms with Gasteiger partial charge in [0.05, 0.1) is 23.6 Å². The normalized spacial score (nSPS) is 12.7. The lowest BCUT2D eigenvalue weighted by molar-refractivity contribution is 0.481. The molecule has 0 N–H and O–H groups in total. The van der Waals surface area contributed by atoms with Crippen LogP contribution in [0, 0.1) is 5.92 Å². The highest BCUT2D eigenvalue weighted by atomic mass is 16.1. The first-order chi connectivity index (χ1) is 11.1. The predicted molar refractivity (Wildman–Crippen MR) is 92.6 cm³/mol. The van der Waals surface area contributed by atoms with Crippen molar-refractivity contribution >= 4 is 10.9 Å².